The minimum Gasteiger partial charge on any atom is -0.872 e. The minimum atomic E-state index is -0.750. The molecule has 0 radical (unpaired) electrons. The van der Waals surface area contributed by atoms with Gasteiger partial charge in [0.15, 0.2) is 15.9 Å². The molecule has 0 aliphatic heterocycles. The molecule has 0 amide bonds. The molecule has 0 saturated heterocycles. The smallest absolute Gasteiger partial charge is 0.872 e. The summed E-state index contributed by atoms with van der Waals surface area (Å²) in [6.07, 6.45) is 10.5. The zero-order valence-electron chi connectivity index (χ0n) is 25.3. The fraction of sp³-hybridized carbons (Fsp3) is 0.0270. The molecule has 0 bridgehead atoms. The molecule has 0 fully saturated rings. The number of nitrogens with zero attached hydrogens (tertiary/aromatic N) is 6. The molecule has 0 atom stereocenters. The quantitative estimate of drug-likeness (QED) is 0.0772. The summed E-state index contributed by atoms with van der Waals surface area (Å²) in [7, 11) is 0. The van der Waals surface area contributed by atoms with Crippen molar-refractivity contribution >= 4 is 97.3 Å². The molecule has 0 spiro atoms. The van der Waals surface area contributed by atoms with Gasteiger partial charge in [-0.25, -0.2) is 4.98 Å². The molecular formula is C37H23Cl3FeN6O2. The van der Waals surface area contributed by atoms with Crippen LogP contribution in [0.1, 0.15) is 27.0 Å². The maximum Gasteiger partial charge on any atom is 2.00 e. The monoisotopic (exact) mass is 744 g/mol. The van der Waals surface area contributed by atoms with Crippen molar-refractivity contribution in [2.45, 2.75) is 4.30 Å². The third-order valence-corrected chi connectivity index (χ3v) is 7.25. The second-order valence-electron chi connectivity index (χ2n) is 10.2. The van der Waals surface area contributed by atoms with Crippen molar-refractivity contribution in [3.63, 3.8) is 0 Å². The Labute approximate surface area is 307 Å². The van der Waals surface area contributed by atoms with Crippen LogP contribution in [0, 0.1) is 0 Å². The number of benzene rings is 4. The molecule has 2 heterocycles. The molecule has 242 valence electrons. The van der Waals surface area contributed by atoms with Crippen LogP contribution in [0.25, 0.3) is 39.1 Å². The van der Waals surface area contributed by atoms with Crippen LogP contribution in [0.3, 0.4) is 0 Å². The van der Waals surface area contributed by atoms with Crippen molar-refractivity contribution < 1.29 is 27.0 Å². The molecule has 4 aromatic carbocycles. The Morgan fingerprint density at radius 1 is 0.653 bits per heavy atom. The molecule has 0 saturated carbocycles. The Kier molecular flexibility index (Phi) is 11.9. The zero-order valence-corrected chi connectivity index (χ0v) is 28.6. The van der Waals surface area contributed by atoms with E-state index < -0.39 is 4.30 Å². The fourth-order valence-corrected chi connectivity index (χ4v) is 5.27. The van der Waals surface area contributed by atoms with Gasteiger partial charge in [0.1, 0.15) is 0 Å². The number of rotatable bonds is 4. The van der Waals surface area contributed by atoms with Gasteiger partial charge in [-0.15, -0.1) is 10.2 Å². The molecule has 0 unspecified atom stereocenters. The average Bonchev–Trinajstić information content (AvgIpc) is 3.11. The predicted molar refractivity (Wildman–Crippen MR) is 193 cm³/mol. The van der Waals surface area contributed by atoms with E-state index in [2.05, 4.69) is 30.7 Å². The Balaban J connectivity index is 0.000000169. The first-order valence-electron chi connectivity index (χ1n) is 14.5. The van der Waals surface area contributed by atoms with Crippen LogP contribution in [0.15, 0.2) is 137 Å². The summed E-state index contributed by atoms with van der Waals surface area (Å²) in [5.74, 6) is 0.947. The van der Waals surface area contributed by atoms with Crippen molar-refractivity contribution in [3.05, 3.63) is 149 Å². The summed E-state index contributed by atoms with van der Waals surface area (Å²) in [4.78, 5) is 20.5. The van der Waals surface area contributed by atoms with Crippen LogP contribution in [0.4, 0.5) is 17.3 Å². The Hall–Kier alpha value is -4.89. The Morgan fingerprint density at radius 2 is 1.29 bits per heavy atom. The molecule has 8 nitrogen and oxygen atoms in total. The van der Waals surface area contributed by atoms with Crippen LogP contribution in [0.2, 0.25) is 0 Å². The van der Waals surface area contributed by atoms with Crippen LogP contribution in [-0.2, 0) is 17.1 Å². The number of allylic oxidation sites excluding steroid dienone is 2. The van der Waals surface area contributed by atoms with Gasteiger partial charge >= 0.3 is 17.1 Å². The van der Waals surface area contributed by atoms with Crippen LogP contribution >= 0.6 is 34.8 Å². The van der Waals surface area contributed by atoms with Crippen LogP contribution in [-0.4, -0.2) is 25.8 Å². The van der Waals surface area contributed by atoms with Crippen LogP contribution in [0.5, 0.6) is 5.75 Å². The number of aromatic nitrogens is 2. The number of carbonyl (C=O) groups excluding carboxylic acids is 1. The SMILES string of the molecule is ClC(Cl)Cl.O=C1C=Cc2cccc3ccc(N=Nc4ccccn4)c1c23.[Fe+2].[O-]c1ccc2cccc3c2c1/C(=N/[N-]c1ccccn1)C=C3. The third-order valence-electron chi connectivity index (χ3n) is 7.25. The summed E-state index contributed by atoms with van der Waals surface area (Å²) >= 11 is 14.4. The van der Waals surface area contributed by atoms with Gasteiger partial charge in [0, 0.05) is 17.1 Å². The molecule has 12 heteroatoms. The number of hydrogen-bond acceptors (Lipinski definition) is 7. The van der Waals surface area contributed by atoms with Gasteiger partial charge in [-0.05, 0) is 63.5 Å². The predicted octanol–water partition coefficient (Wildman–Crippen LogP) is 10.6. The number of halogens is 3. The van der Waals surface area contributed by atoms with Crippen molar-refractivity contribution in [2.75, 3.05) is 0 Å². The average molecular weight is 746 g/mol. The van der Waals surface area contributed by atoms with E-state index in [4.69, 9.17) is 34.8 Å². The second-order valence-corrected chi connectivity index (χ2v) is 12.2. The first-order valence-corrected chi connectivity index (χ1v) is 15.8. The number of pyridine rings is 2. The van der Waals surface area contributed by atoms with Crippen LogP contribution < -0.4 is 5.11 Å². The van der Waals surface area contributed by atoms with E-state index in [9.17, 15) is 9.90 Å². The largest absolute Gasteiger partial charge is 2.00 e. The number of carbonyl (C=O) groups is 1. The van der Waals surface area contributed by atoms with Crippen molar-refractivity contribution in [1.29, 1.82) is 0 Å². The van der Waals surface area contributed by atoms with E-state index in [-0.39, 0.29) is 28.6 Å². The minimum absolute atomic E-state index is 0. The molecule has 49 heavy (non-hydrogen) atoms. The number of azo groups is 1. The normalized spacial score (nSPS) is 13.1. The number of ketones is 1. The van der Waals surface area contributed by atoms with Crippen molar-refractivity contribution in [3.8, 4) is 5.75 Å². The third kappa shape index (κ3) is 8.40. The first-order chi connectivity index (χ1) is 23.4. The van der Waals surface area contributed by atoms with E-state index in [1.165, 1.54) is 0 Å². The molecule has 2 aromatic heterocycles. The molecular weight excluding hydrogens is 723 g/mol. The van der Waals surface area contributed by atoms with Gasteiger partial charge in [0.05, 0.1) is 17.0 Å². The van der Waals surface area contributed by atoms with E-state index in [1.807, 2.05) is 97.1 Å². The summed E-state index contributed by atoms with van der Waals surface area (Å²) < 4.78 is -0.750. The van der Waals surface area contributed by atoms with Gasteiger partial charge in [0.25, 0.3) is 0 Å². The van der Waals surface area contributed by atoms with Crippen molar-refractivity contribution in [1.82, 2.24) is 9.97 Å². The standard InChI is InChI=1S/C18H12N3O.C18H11N3O.CHCl3.Fe/c2*22-15-10-8-13-5-3-4-12-7-9-14(18(15)17(12)13)20-21-16-6-1-2-11-19-16;2-1(3)4;/h1-11H,(H-,19,20,21,22);1-11H;1H;/q-1;;;+2/p-1. The molecule has 2 aliphatic rings. The molecule has 8 rings (SSSR count). The van der Waals surface area contributed by atoms with E-state index in [0.717, 1.165) is 32.7 Å². The van der Waals surface area contributed by atoms with Gasteiger partial charge < -0.3 is 15.5 Å². The first kappa shape index (κ1) is 35.4. The summed E-state index contributed by atoms with van der Waals surface area (Å²) in [6, 6.07) is 30.0. The van der Waals surface area contributed by atoms with Gasteiger partial charge in [-0.3, -0.25) is 9.90 Å². The molecule has 2 aliphatic carbocycles. The van der Waals surface area contributed by atoms with Gasteiger partial charge in [-0.2, -0.15) is 0 Å². The number of hydrogen-bond donors (Lipinski definition) is 0. The van der Waals surface area contributed by atoms with Gasteiger partial charge in [0.2, 0.25) is 0 Å². The second kappa shape index (κ2) is 16.5. The summed E-state index contributed by atoms with van der Waals surface area (Å²) in [5, 5.41) is 28.8. The maximum absolute atomic E-state index is 12.3. The van der Waals surface area contributed by atoms with E-state index >= 15 is 0 Å². The topological polar surface area (TPSA) is 117 Å². The zero-order chi connectivity index (χ0) is 33.5. The van der Waals surface area contributed by atoms with E-state index in [0.29, 0.717) is 34.2 Å². The molecule has 6 aromatic rings. The Bertz CT molecular complexity index is 2240. The maximum atomic E-state index is 12.3. The van der Waals surface area contributed by atoms with E-state index in [1.54, 1.807) is 36.7 Å². The van der Waals surface area contributed by atoms with Gasteiger partial charge in [-0.1, -0.05) is 138 Å². The van der Waals surface area contributed by atoms with Crippen molar-refractivity contribution in [2.24, 2.45) is 15.3 Å². The Morgan fingerprint density at radius 3 is 1.94 bits per heavy atom. The fourth-order valence-electron chi connectivity index (χ4n) is 5.27. The summed E-state index contributed by atoms with van der Waals surface area (Å²) in [5.41, 5.74) is 8.53. The molecule has 0 N–H and O–H groups in total. The summed E-state index contributed by atoms with van der Waals surface area (Å²) in [6.45, 7) is 0. The number of alkyl halides is 3.